The fourth-order valence-corrected chi connectivity index (χ4v) is 3.33. The molecule has 116 valence electrons. The minimum atomic E-state index is -0.0254. The second kappa shape index (κ2) is 7.26. The zero-order valence-electron chi connectivity index (χ0n) is 13.2. The van der Waals surface area contributed by atoms with Crippen LogP contribution >= 0.6 is 11.6 Å². The van der Waals surface area contributed by atoms with Crippen molar-refractivity contribution in [2.24, 2.45) is 11.8 Å². The first-order valence-electron chi connectivity index (χ1n) is 7.98. The first-order chi connectivity index (χ1) is 10.0. The van der Waals surface area contributed by atoms with Gasteiger partial charge >= 0.3 is 0 Å². The zero-order chi connectivity index (χ0) is 15.4. The Kier molecular flexibility index (Phi) is 5.63. The quantitative estimate of drug-likeness (QED) is 0.845. The number of carbonyl (C=O) groups is 1. The highest BCUT2D eigenvalue weighted by molar-refractivity contribution is 6.29. The van der Waals surface area contributed by atoms with Crippen molar-refractivity contribution in [1.82, 2.24) is 10.3 Å². The van der Waals surface area contributed by atoms with Gasteiger partial charge < -0.3 is 5.32 Å². The van der Waals surface area contributed by atoms with Gasteiger partial charge in [0.15, 0.2) is 0 Å². The van der Waals surface area contributed by atoms with Gasteiger partial charge in [-0.05, 0) is 36.8 Å². The summed E-state index contributed by atoms with van der Waals surface area (Å²) in [6.45, 7) is 6.59. The summed E-state index contributed by atoms with van der Waals surface area (Å²) in [7, 11) is 0. The number of nitrogens with one attached hydrogen (secondary N) is 1. The molecule has 2 rings (SSSR count). The molecule has 1 fully saturated rings. The van der Waals surface area contributed by atoms with Crippen LogP contribution in [0.15, 0.2) is 12.1 Å². The summed E-state index contributed by atoms with van der Waals surface area (Å²) in [4.78, 5) is 16.7. The van der Waals surface area contributed by atoms with Gasteiger partial charge in [-0.15, -0.1) is 0 Å². The maximum Gasteiger partial charge on any atom is 0.251 e. The molecule has 0 radical (unpaired) electrons. The Balaban J connectivity index is 2.09. The molecule has 0 spiro atoms. The van der Waals surface area contributed by atoms with E-state index in [0.29, 0.717) is 22.6 Å². The molecule has 21 heavy (non-hydrogen) atoms. The van der Waals surface area contributed by atoms with E-state index in [1.165, 1.54) is 12.8 Å². The molecule has 4 heteroatoms. The van der Waals surface area contributed by atoms with Crippen molar-refractivity contribution in [2.75, 3.05) is 0 Å². The average Bonchev–Trinajstić information content (AvgIpc) is 2.43. The monoisotopic (exact) mass is 308 g/mol. The van der Waals surface area contributed by atoms with E-state index < -0.39 is 0 Å². The van der Waals surface area contributed by atoms with Crippen molar-refractivity contribution >= 4 is 17.5 Å². The van der Waals surface area contributed by atoms with Gasteiger partial charge in [-0.25, -0.2) is 4.98 Å². The molecule has 0 saturated heterocycles. The van der Waals surface area contributed by atoms with E-state index in [1.54, 1.807) is 6.07 Å². The van der Waals surface area contributed by atoms with Crippen LogP contribution in [0.25, 0.3) is 0 Å². The number of nitrogens with zero attached hydrogens (tertiary/aromatic N) is 1. The van der Waals surface area contributed by atoms with Gasteiger partial charge in [0.1, 0.15) is 5.15 Å². The lowest BCUT2D eigenvalue weighted by Gasteiger charge is -2.34. The fourth-order valence-electron chi connectivity index (χ4n) is 3.10. The maximum atomic E-state index is 12.5. The Labute approximate surface area is 132 Å². The molecule has 1 aromatic heterocycles. The van der Waals surface area contributed by atoms with E-state index in [-0.39, 0.29) is 11.9 Å². The summed E-state index contributed by atoms with van der Waals surface area (Å²) >= 11 is 6.03. The van der Waals surface area contributed by atoms with Crippen LogP contribution < -0.4 is 5.32 Å². The van der Waals surface area contributed by atoms with Crippen molar-refractivity contribution in [3.63, 3.8) is 0 Å². The zero-order valence-corrected chi connectivity index (χ0v) is 13.9. The van der Waals surface area contributed by atoms with E-state index in [9.17, 15) is 4.79 Å². The normalized spacial score (nSPS) is 25.6. The Bertz CT molecular complexity index is 504. The largest absolute Gasteiger partial charge is 0.349 e. The van der Waals surface area contributed by atoms with Crippen LogP contribution in [-0.2, 0) is 6.42 Å². The smallest absolute Gasteiger partial charge is 0.251 e. The van der Waals surface area contributed by atoms with Crippen LogP contribution in [0.3, 0.4) is 0 Å². The number of carbonyl (C=O) groups excluding carboxylic acids is 1. The topological polar surface area (TPSA) is 42.0 Å². The number of aromatic nitrogens is 1. The highest BCUT2D eigenvalue weighted by Gasteiger charge is 2.28. The third-order valence-electron chi connectivity index (χ3n) is 4.64. The first kappa shape index (κ1) is 16.3. The van der Waals surface area contributed by atoms with Gasteiger partial charge in [-0.1, -0.05) is 51.6 Å². The maximum absolute atomic E-state index is 12.5. The van der Waals surface area contributed by atoms with Gasteiger partial charge in [0.25, 0.3) is 5.91 Å². The van der Waals surface area contributed by atoms with Crippen LogP contribution in [0, 0.1) is 11.8 Å². The lowest BCUT2D eigenvalue weighted by molar-refractivity contribution is 0.0891. The second-order valence-corrected chi connectivity index (χ2v) is 6.65. The standard InChI is InChI=1S/C17H25ClN2O/c1-4-6-14-9-13(10-16(18)19-14)17(21)20-15-8-5-7-11(2)12(15)3/h9-12,15H,4-8H2,1-3H3,(H,20,21). The Morgan fingerprint density at radius 1 is 1.38 bits per heavy atom. The van der Waals surface area contributed by atoms with Crippen LogP contribution in [-0.4, -0.2) is 16.9 Å². The van der Waals surface area contributed by atoms with E-state index in [4.69, 9.17) is 11.6 Å². The number of amides is 1. The molecule has 1 aromatic rings. The molecule has 3 nitrogen and oxygen atoms in total. The number of hydrogen-bond acceptors (Lipinski definition) is 2. The van der Waals surface area contributed by atoms with Gasteiger partial charge in [-0.2, -0.15) is 0 Å². The van der Waals surface area contributed by atoms with Gasteiger partial charge in [0, 0.05) is 17.3 Å². The summed E-state index contributed by atoms with van der Waals surface area (Å²) < 4.78 is 0. The molecule has 0 aromatic carbocycles. The molecule has 1 heterocycles. The van der Waals surface area contributed by atoms with Crippen LogP contribution in [0.5, 0.6) is 0 Å². The number of rotatable bonds is 4. The summed E-state index contributed by atoms with van der Waals surface area (Å²) in [5.74, 6) is 1.17. The van der Waals surface area contributed by atoms with Gasteiger partial charge in [0.2, 0.25) is 0 Å². The molecule has 0 bridgehead atoms. The van der Waals surface area contributed by atoms with E-state index in [2.05, 4.69) is 31.1 Å². The lowest BCUT2D eigenvalue weighted by Crippen LogP contribution is -2.43. The molecule has 3 atom stereocenters. The van der Waals surface area contributed by atoms with Gasteiger partial charge in [0.05, 0.1) is 0 Å². The van der Waals surface area contributed by atoms with Crippen LogP contribution in [0.4, 0.5) is 0 Å². The number of pyridine rings is 1. The van der Waals surface area contributed by atoms with Crippen molar-refractivity contribution in [2.45, 2.75) is 58.9 Å². The SMILES string of the molecule is CCCc1cc(C(=O)NC2CCCC(C)C2C)cc(Cl)n1. The molecular formula is C17H25ClN2O. The third kappa shape index (κ3) is 4.19. The van der Waals surface area contributed by atoms with E-state index in [0.717, 1.165) is 25.0 Å². The molecule has 3 unspecified atom stereocenters. The van der Waals surface area contributed by atoms with E-state index in [1.807, 2.05) is 6.07 Å². The molecule has 0 aliphatic heterocycles. The average molecular weight is 309 g/mol. The Hall–Kier alpha value is -1.09. The lowest BCUT2D eigenvalue weighted by atomic mass is 9.78. The summed E-state index contributed by atoms with van der Waals surface area (Å²) in [5.41, 5.74) is 1.52. The Morgan fingerprint density at radius 2 is 2.14 bits per heavy atom. The summed E-state index contributed by atoms with van der Waals surface area (Å²) in [6.07, 6.45) is 5.35. The molecule has 1 N–H and O–H groups in total. The molecule has 1 amide bonds. The predicted molar refractivity (Wildman–Crippen MR) is 86.7 cm³/mol. The summed E-state index contributed by atoms with van der Waals surface area (Å²) in [6, 6.07) is 3.79. The first-order valence-corrected chi connectivity index (χ1v) is 8.36. The highest BCUT2D eigenvalue weighted by atomic mass is 35.5. The minimum absolute atomic E-state index is 0.0254. The summed E-state index contributed by atoms with van der Waals surface area (Å²) in [5, 5.41) is 3.59. The van der Waals surface area contributed by atoms with E-state index >= 15 is 0 Å². The molecule has 1 aliphatic carbocycles. The van der Waals surface area contributed by atoms with Crippen molar-refractivity contribution in [3.8, 4) is 0 Å². The van der Waals surface area contributed by atoms with Crippen LogP contribution in [0.1, 0.15) is 62.5 Å². The number of halogens is 1. The van der Waals surface area contributed by atoms with Crippen LogP contribution in [0.2, 0.25) is 5.15 Å². The predicted octanol–water partition coefficient (Wildman–Crippen LogP) is 4.24. The highest BCUT2D eigenvalue weighted by Crippen LogP contribution is 2.29. The second-order valence-electron chi connectivity index (χ2n) is 6.27. The number of aryl methyl sites for hydroxylation is 1. The minimum Gasteiger partial charge on any atom is -0.349 e. The van der Waals surface area contributed by atoms with Gasteiger partial charge in [-0.3, -0.25) is 4.79 Å². The molecular weight excluding hydrogens is 284 g/mol. The number of hydrogen-bond donors (Lipinski definition) is 1. The molecule has 1 aliphatic rings. The van der Waals surface area contributed by atoms with Crippen molar-refractivity contribution in [3.05, 3.63) is 28.5 Å². The van der Waals surface area contributed by atoms with Crippen molar-refractivity contribution in [1.29, 1.82) is 0 Å². The van der Waals surface area contributed by atoms with Crippen molar-refractivity contribution < 1.29 is 4.79 Å². The molecule has 1 saturated carbocycles. The Morgan fingerprint density at radius 3 is 2.86 bits per heavy atom. The fraction of sp³-hybridized carbons (Fsp3) is 0.647. The third-order valence-corrected chi connectivity index (χ3v) is 4.83.